The summed E-state index contributed by atoms with van der Waals surface area (Å²) in [5.41, 5.74) is 4.74. The second kappa shape index (κ2) is 8.98. The predicted octanol–water partition coefficient (Wildman–Crippen LogP) is 6.11. The number of aryl methyl sites for hydroxylation is 1. The van der Waals surface area contributed by atoms with Gasteiger partial charge in [0, 0.05) is 43.0 Å². The van der Waals surface area contributed by atoms with Crippen LogP contribution in [0, 0.1) is 5.82 Å². The molecular weight excluding hydrogens is 439 g/mol. The van der Waals surface area contributed by atoms with Crippen LogP contribution in [0.3, 0.4) is 0 Å². The number of aromatic nitrogens is 5. The van der Waals surface area contributed by atoms with Crippen LogP contribution in [0.25, 0.3) is 33.5 Å². The first kappa shape index (κ1) is 21.5. The maximum absolute atomic E-state index is 13.7. The van der Waals surface area contributed by atoms with Gasteiger partial charge in [-0.25, -0.2) is 19.3 Å². The van der Waals surface area contributed by atoms with Crippen molar-refractivity contribution in [2.24, 2.45) is 0 Å². The molecule has 1 aliphatic heterocycles. The van der Waals surface area contributed by atoms with Gasteiger partial charge in [-0.05, 0) is 60.7 Å². The lowest BCUT2D eigenvalue weighted by Crippen LogP contribution is -2.14. The first-order valence-corrected chi connectivity index (χ1v) is 12.2. The zero-order chi connectivity index (χ0) is 23.8. The van der Waals surface area contributed by atoms with Gasteiger partial charge in [-0.2, -0.15) is 0 Å². The summed E-state index contributed by atoms with van der Waals surface area (Å²) in [7, 11) is 0. The van der Waals surface area contributed by atoms with Gasteiger partial charge in [0.1, 0.15) is 11.6 Å². The van der Waals surface area contributed by atoms with Gasteiger partial charge in [0.2, 0.25) is 5.95 Å². The maximum atomic E-state index is 13.7. The minimum atomic E-state index is -0.257. The molecule has 0 unspecified atom stereocenters. The molecule has 0 spiro atoms. The van der Waals surface area contributed by atoms with Crippen LogP contribution < -0.4 is 5.32 Å². The van der Waals surface area contributed by atoms with Crippen molar-refractivity contribution in [1.29, 1.82) is 0 Å². The van der Waals surface area contributed by atoms with E-state index in [1.54, 1.807) is 18.3 Å². The molecule has 2 aromatic carbocycles. The van der Waals surface area contributed by atoms with Gasteiger partial charge in [0.25, 0.3) is 0 Å². The maximum Gasteiger partial charge on any atom is 0.223 e. The summed E-state index contributed by atoms with van der Waals surface area (Å²) in [6.07, 6.45) is 6.85. The van der Waals surface area contributed by atoms with Gasteiger partial charge >= 0.3 is 0 Å². The Morgan fingerprint density at radius 2 is 1.89 bits per heavy atom. The van der Waals surface area contributed by atoms with E-state index in [4.69, 9.17) is 9.97 Å². The lowest BCUT2D eigenvalue weighted by atomic mass is 10.1. The largest absolute Gasteiger partial charge is 0.354 e. The van der Waals surface area contributed by atoms with E-state index in [1.807, 2.05) is 6.07 Å². The molecule has 1 N–H and O–H groups in total. The fourth-order valence-electron chi connectivity index (χ4n) is 5.04. The van der Waals surface area contributed by atoms with Crippen LogP contribution in [-0.4, -0.2) is 30.6 Å². The minimum absolute atomic E-state index is 0.236. The van der Waals surface area contributed by atoms with Crippen LogP contribution in [0.5, 0.6) is 0 Å². The molecular formula is C28H27FN6. The van der Waals surface area contributed by atoms with Crippen LogP contribution in [0.1, 0.15) is 31.6 Å². The Morgan fingerprint density at radius 1 is 1.03 bits per heavy atom. The third kappa shape index (κ3) is 3.97. The lowest BCUT2D eigenvalue weighted by molar-refractivity contribution is 0.459. The SMILES string of the molecule is CCCNc1nccc(-c2c(-c3ccc(F)cc3)nc3n2[C@@H](Cn2ccc4ccccc42)CC3)n1. The van der Waals surface area contributed by atoms with Gasteiger partial charge < -0.3 is 14.5 Å². The Balaban J connectivity index is 1.47. The Kier molecular flexibility index (Phi) is 5.52. The summed E-state index contributed by atoms with van der Waals surface area (Å²) in [6, 6.07) is 19.4. The molecule has 6 nitrogen and oxygen atoms in total. The summed E-state index contributed by atoms with van der Waals surface area (Å²) in [4.78, 5) is 14.3. The van der Waals surface area contributed by atoms with E-state index in [2.05, 4.69) is 62.9 Å². The molecule has 0 saturated carbocycles. The zero-order valence-corrected chi connectivity index (χ0v) is 19.7. The predicted molar refractivity (Wildman–Crippen MR) is 137 cm³/mol. The number of nitrogens with zero attached hydrogens (tertiary/aromatic N) is 5. The van der Waals surface area contributed by atoms with Crippen molar-refractivity contribution in [3.63, 3.8) is 0 Å². The van der Waals surface area contributed by atoms with Crippen LogP contribution in [-0.2, 0) is 13.0 Å². The monoisotopic (exact) mass is 466 g/mol. The van der Waals surface area contributed by atoms with Crippen molar-refractivity contribution < 1.29 is 4.39 Å². The van der Waals surface area contributed by atoms with Crippen molar-refractivity contribution in [2.75, 3.05) is 11.9 Å². The summed E-state index contributed by atoms with van der Waals surface area (Å²) in [5.74, 6) is 1.39. The molecule has 1 atom stereocenters. The number of hydrogen-bond acceptors (Lipinski definition) is 4. The standard InChI is InChI=1S/C28H27FN6/c1-2-15-30-28-31-16-13-23(32-28)27-26(20-7-9-21(29)10-8-20)33-25-12-11-22(35(25)27)18-34-17-14-19-5-3-4-6-24(19)34/h3-10,13-14,16-17,22H,2,11-12,15,18H2,1H3,(H,30,31,32)/t22-/m1/s1. The molecule has 0 saturated heterocycles. The molecule has 176 valence electrons. The number of para-hydroxylation sites is 1. The summed E-state index contributed by atoms with van der Waals surface area (Å²) >= 11 is 0. The average Bonchev–Trinajstić information content (AvgIpc) is 3.58. The van der Waals surface area contributed by atoms with Crippen LogP contribution in [0.15, 0.2) is 73.1 Å². The highest BCUT2D eigenvalue weighted by molar-refractivity contribution is 5.80. The van der Waals surface area contributed by atoms with Gasteiger partial charge in [0.05, 0.1) is 23.1 Å². The van der Waals surface area contributed by atoms with E-state index in [0.29, 0.717) is 5.95 Å². The van der Waals surface area contributed by atoms with Gasteiger partial charge in [0.15, 0.2) is 0 Å². The fourth-order valence-corrected chi connectivity index (χ4v) is 5.04. The molecule has 7 heteroatoms. The fraction of sp³-hybridized carbons (Fsp3) is 0.250. The Bertz CT molecular complexity index is 1480. The second-order valence-corrected chi connectivity index (χ2v) is 9.01. The first-order valence-electron chi connectivity index (χ1n) is 12.2. The van der Waals surface area contributed by atoms with E-state index in [9.17, 15) is 4.39 Å². The summed E-state index contributed by atoms with van der Waals surface area (Å²) < 4.78 is 18.4. The number of hydrogen-bond donors (Lipinski definition) is 1. The molecule has 0 radical (unpaired) electrons. The van der Waals surface area contributed by atoms with Crippen molar-refractivity contribution in [1.82, 2.24) is 24.1 Å². The quantitative estimate of drug-likeness (QED) is 0.314. The Morgan fingerprint density at radius 3 is 2.74 bits per heavy atom. The lowest BCUT2D eigenvalue weighted by Gasteiger charge is -2.19. The molecule has 0 bridgehead atoms. The molecule has 6 rings (SSSR count). The molecule has 5 aromatic rings. The van der Waals surface area contributed by atoms with Crippen molar-refractivity contribution in [3.05, 3.63) is 84.7 Å². The number of imidazole rings is 1. The summed E-state index contributed by atoms with van der Waals surface area (Å²) in [5, 5.41) is 4.53. The van der Waals surface area contributed by atoms with E-state index in [1.165, 1.54) is 23.0 Å². The molecule has 0 amide bonds. The topological polar surface area (TPSA) is 60.6 Å². The van der Waals surface area contributed by atoms with E-state index in [-0.39, 0.29) is 11.9 Å². The number of fused-ring (bicyclic) bond motifs is 2. The van der Waals surface area contributed by atoms with Crippen LogP contribution in [0.2, 0.25) is 0 Å². The van der Waals surface area contributed by atoms with Gasteiger partial charge in [-0.1, -0.05) is 25.1 Å². The number of anilines is 1. The van der Waals surface area contributed by atoms with Crippen molar-refractivity contribution in [2.45, 2.75) is 38.8 Å². The smallest absolute Gasteiger partial charge is 0.223 e. The average molecular weight is 467 g/mol. The first-order chi connectivity index (χ1) is 17.2. The van der Waals surface area contributed by atoms with Gasteiger partial charge in [-0.15, -0.1) is 0 Å². The Hall–Kier alpha value is -4.00. The van der Waals surface area contributed by atoms with Crippen molar-refractivity contribution in [3.8, 4) is 22.6 Å². The molecule has 0 aliphatic carbocycles. The molecule has 4 heterocycles. The van der Waals surface area contributed by atoms with Crippen LogP contribution in [0.4, 0.5) is 10.3 Å². The molecule has 0 fully saturated rings. The van der Waals surface area contributed by atoms with E-state index >= 15 is 0 Å². The second-order valence-electron chi connectivity index (χ2n) is 9.01. The summed E-state index contributed by atoms with van der Waals surface area (Å²) in [6.45, 7) is 3.77. The molecule has 1 aliphatic rings. The minimum Gasteiger partial charge on any atom is -0.354 e. The third-order valence-electron chi connectivity index (χ3n) is 6.69. The third-order valence-corrected chi connectivity index (χ3v) is 6.69. The Labute approximate surface area is 203 Å². The highest BCUT2D eigenvalue weighted by atomic mass is 19.1. The van der Waals surface area contributed by atoms with E-state index in [0.717, 1.165) is 60.8 Å². The number of rotatable bonds is 7. The number of halogens is 1. The van der Waals surface area contributed by atoms with Crippen LogP contribution >= 0.6 is 0 Å². The molecule has 35 heavy (non-hydrogen) atoms. The highest BCUT2D eigenvalue weighted by Gasteiger charge is 2.31. The zero-order valence-electron chi connectivity index (χ0n) is 19.7. The van der Waals surface area contributed by atoms with Gasteiger partial charge in [-0.3, -0.25) is 0 Å². The highest BCUT2D eigenvalue weighted by Crippen LogP contribution is 2.40. The number of nitrogens with one attached hydrogen (secondary N) is 1. The number of benzene rings is 2. The normalized spacial score (nSPS) is 15.0. The van der Waals surface area contributed by atoms with E-state index < -0.39 is 0 Å². The van der Waals surface area contributed by atoms with Crippen molar-refractivity contribution >= 4 is 16.9 Å². The molecule has 3 aromatic heterocycles.